The van der Waals surface area contributed by atoms with Crippen molar-refractivity contribution >= 4 is 21.7 Å². The molecular formula is C10H15N3O3S. The molecule has 1 aromatic rings. The van der Waals surface area contributed by atoms with Crippen molar-refractivity contribution in [2.24, 2.45) is 0 Å². The predicted molar refractivity (Wildman–Crippen MR) is 65.5 cm³/mol. The molecule has 17 heavy (non-hydrogen) atoms. The van der Waals surface area contributed by atoms with E-state index in [-0.39, 0.29) is 4.90 Å². The third-order valence-electron chi connectivity index (χ3n) is 2.10. The van der Waals surface area contributed by atoms with Crippen LogP contribution in [0.25, 0.3) is 0 Å². The van der Waals surface area contributed by atoms with E-state index in [1.165, 1.54) is 19.2 Å². The maximum absolute atomic E-state index is 11.8. The Balaban J connectivity index is 3.07. The summed E-state index contributed by atoms with van der Waals surface area (Å²) < 4.78 is 25.5. The van der Waals surface area contributed by atoms with Crippen molar-refractivity contribution in [2.75, 3.05) is 26.0 Å². The minimum Gasteiger partial charge on any atom is -0.378 e. The third-order valence-corrected chi connectivity index (χ3v) is 3.43. The van der Waals surface area contributed by atoms with Crippen LogP contribution in [0.15, 0.2) is 29.2 Å². The number of sulfonamides is 1. The first-order valence-electron chi connectivity index (χ1n) is 4.89. The molecule has 1 rings (SSSR count). The first kappa shape index (κ1) is 13.3. The molecule has 0 heterocycles. The van der Waals surface area contributed by atoms with Gasteiger partial charge in [-0.1, -0.05) is 6.07 Å². The topological polar surface area (TPSA) is 78.5 Å². The maximum atomic E-state index is 11.8. The summed E-state index contributed by atoms with van der Waals surface area (Å²) in [6.07, 6.45) is 0. The number of hydrogen-bond donors (Lipinski definition) is 2. The molecule has 94 valence electrons. The molecule has 0 unspecified atom stereocenters. The van der Waals surface area contributed by atoms with Crippen LogP contribution in [-0.4, -0.2) is 35.6 Å². The van der Waals surface area contributed by atoms with Crippen LogP contribution < -0.4 is 14.9 Å². The van der Waals surface area contributed by atoms with Gasteiger partial charge in [-0.2, -0.15) is 0 Å². The fraction of sp³-hybridized carbons (Fsp3) is 0.300. The molecule has 0 fully saturated rings. The normalized spacial score (nSPS) is 10.8. The van der Waals surface area contributed by atoms with E-state index in [2.05, 4.69) is 5.32 Å². The largest absolute Gasteiger partial charge is 0.378 e. The second-order valence-electron chi connectivity index (χ2n) is 3.58. The molecule has 0 aliphatic heterocycles. The van der Waals surface area contributed by atoms with Crippen molar-refractivity contribution in [1.82, 2.24) is 10.0 Å². The Morgan fingerprint density at radius 3 is 2.47 bits per heavy atom. The van der Waals surface area contributed by atoms with Gasteiger partial charge in [0.25, 0.3) is 10.0 Å². The van der Waals surface area contributed by atoms with E-state index in [1.807, 2.05) is 4.72 Å². The van der Waals surface area contributed by atoms with Crippen LogP contribution >= 0.6 is 0 Å². The summed E-state index contributed by atoms with van der Waals surface area (Å²) >= 11 is 0. The number of rotatable bonds is 3. The molecule has 7 heteroatoms. The van der Waals surface area contributed by atoms with E-state index < -0.39 is 16.1 Å². The average molecular weight is 257 g/mol. The summed E-state index contributed by atoms with van der Waals surface area (Å²) in [7, 11) is 1.14. The fourth-order valence-electron chi connectivity index (χ4n) is 1.16. The highest BCUT2D eigenvalue weighted by molar-refractivity contribution is 7.90. The third kappa shape index (κ3) is 3.35. The van der Waals surface area contributed by atoms with Crippen LogP contribution in [-0.2, 0) is 10.0 Å². The van der Waals surface area contributed by atoms with Crippen molar-refractivity contribution < 1.29 is 13.2 Å². The number of carbonyl (C=O) groups is 1. The van der Waals surface area contributed by atoms with E-state index in [9.17, 15) is 13.2 Å². The zero-order valence-corrected chi connectivity index (χ0v) is 10.7. The highest BCUT2D eigenvalue weighted by atomic mass is 32.2. The highest BCUT2D eigenvalue weighted by Gasteiger charge is 2.17. The van der Waals surface area contributed by atoms with Crippen molar-refractivity contribution in [1.29, 1.82) is 0 Å². The number of nitrogens with one attached hydrogen (secondary N) is 2. The second kappa shape index (κ2) is 5.05. The zero-order valence-electron chi connectivity index (χ0n) is 9.89. The molecule has 0 saturated carbocycles. The molecule has 0 aliphatic carbocycles. The molecule has 6 nitrogen and oxygen atoms in total. The van der Waals surface area contributed by atoms with E-state index in [0.717, 1.165) is 5.69 Å². The number of hydrogen-bond acceptors (Lipinski definition) is 4. The molecule has 0 saturated heterocycles. The molecule has 0 aromatic heterocycles. The van der Waals surface area contributed by atoms with Crippen molar-refractivity contribution in [3.05, 3.63) is 24.3 Å². The van der Waals surface area contributed by atoms with Gasteiger partial charge in [0.1, 0.15) is 0 Å². The van der Waals surface area contributed by atoms with Gasteiger partial charge >= 0.3 is 6.03 Å². The monoisotopic (exact) mass is 257 g/mol. The molecule has 0 aliphatic rings. The quantitative estimate of drug-likeness (QED) is 0.820. The summed E-state index contributed by atoms with van der Waals surface area (Å²) in [5.74, 6) is 0. The molecule has 0 atom stereocenters. The van der Waals surface area contributed by atoms with Crippen LogP contribution in [0.3, 0.4) is 0 Å². The van der Waals surface area contributed by atoms with Gasteiger partial charge in [-0.3, -0.25) is 0 Å². The minimum atomic E-state index is -3.82. The average Bonchev–Trinajstić information content (AvgIpc) is 2.28. The van der Waals surface area contributed by atoms with Gasteiger partial charge in [0.05, 0.1) is 4.90 Å². The molecule has 0 radical (unpaired) electrons. The molecule has 0 bridgehead atoms. The summed E-state index contributed by atoms with van der Waals surface area (Å²) in [6.45, 7) is 0. The van der Waals surface area contributed by atoms with Crippen LogP contribution in [0.5, 0.6) is 0 Å². The molecule has 2 amide bonds. The maximum Gasteiger partial charge on any atom is 0.328 e. The summed E-state index contributed by atoms with van der Waals surface area (Å²) in [5, 5.41) is 2.19. The number of benzene rings is 1. The second-order valence-corrected chi connectivity index (χ2v) is 5.26. The lowest BCUT2D eigenvalue weighted by Crippen LogP contribution is -2.37. The zero-order chi connectivity index (χ0) is 13.1. The first-order chi connectivity index (χ1) is 7.86. The van der Waals surface area contributed by atoms with E-state index >= 15 is 0 Å². The lowest BCUT2D eigenvalue weighted by atomic mass is 10.3. The van der Waals surface area contributed by atoms with Crippen molar-refractivity contribution in [3.8, 4) is 0 Å². The number of urea groups is 1. The van der Waals surface area contributed by atoms with Gasteiger partial charge in [-0.25, -0.2) is 17.9 Å². The summed E-state index contributed by atoms with van der Waals surface area (Å²) in [4.78, 5) is 12.8. The van der Waals surface area contributed by atoms with Crippen molar-refractivity contribution in [3.63, 3.8) is 0 Å². The van der Waals surface area contributed by atoms with E-state index in [4.69, 9.17) is 0 Å². The minimum absolute atomic E-state index is 0.0484. The van der Waals surface area contributed by atoms with Crippen LogP contribution in [0.4, 0.5) is 10.5 Å². The van der Waals surface area contributed by atoms with E-state index in [1.54, 1.807) is 31.1 Å². The smallest absolute Gasteiger partial charge is 0.328 e. The van der Waals surface area contributed by atoms with E-state index in [0.29, 0.717) is 0 Å². The van der Waals surface area contributed by atoms with Gasteiger partial charge in [0, 0.05) is 26.8 Å². The lowest BCUT2D eigenvalue weighted by molar-refractivity contribution is 0.248. The number of anilines is 1. The Bertz CT molecular complexity index is 511. The summed E-state index contributed by atoms with van der Waals surface area (Å²) in [5.41, 5.74) is 0.741. The standard InChI is InChI=1S/C10H15N3O3S/c1-11-10(14)12-17(15,16)9-6-4-5-8(7-9)13(2)3/h4-7H,1-3H3,(H2,11,12,14). The fourth-order valence-corrected chi connectivity index (χ4v) is 2.16. The Morgan fingerprint density at radius 2 is 1.94 bits per heavy atom. The number of carbonyl (C=O) groups excluding carboxylic acids is 1. The molecule has 2 N–H and O–H groups in total. The van der Waals surface area contributed by atoms with Gasteiger partial charge in [-0.15, -0.1) is 0 Å². The summed E-state index contributed by atoms with van der Waals surface area (Å²) in [6, 6.07) is 5.55. The van der Waals surface area contributed by atoms with Crippen LogP contribution in [0.2, 0.25) is 0 Å². The Morgan fingerprint density at radius 1 is 1.29 bits per heavy atom. The molecule has 0 spiro atoms. The number of amides is 2. The Kier molecular flexibility index (Phi) is 3.95. The molecular weight excluding hydrogens is 242 g/mol. The van der Waals surface area contributed by atoms with Gasteiger partial charge in [0.2, 0.25) is 0 Å². The van der Waals surface area contributed by atoms with Crippen LogP contribution in [0.1, 0.15) is 0 Å². The first-order valence-corrected chi connectivity index (χ1v) is 6.37. The van der Waals surface area contributed by atoms with Gasteiger partial charge in [-0.05, 0) is 18.2 Å². The molecule has 1 aromatic carbocycles. The SMILES string of the molecule is CNC(=O)NS(=O)(=O)c1cccc(N(C)C)c1. The number of nitrogens with zero attached hydrogens (tertiary/aromatic N) is 1. The predicted octanol–water partition coefficient (Wildman–Crippen LogP) is 0.370. The highest BCUT2D eigenvalue weighted by Crippen LogP contribution is 2.17. The Hall–Kier alpha value is -1.76. The Labute approximate surface area is 101 Å². The van der Waals surface area contributed by atoms with Gasteiger partial charge < -0.3 is 10.2 Å². The van der Waals surface area contributed by atoms with Crippen LogP contribution in [0, 0.1) is 0 Å². The van der Waals surface area contributed by atoms with Gasteiger partial charge in [0.15, 0.2) is 0 Å². The lowest BCUT2D eigenvalue weighted by Gasteiger charge is -2.13. The van der Waals surface area contributed by atoms with Crippen molar-refractivity contribution in [2.45, 2.75) is 4.90 Å².